The molecule has 1 amide bonds. The number of hydrogen-bond donors (Lipinski definition) is 2. The maximum atomic E-state index is 12.6. The molecule has 2 aliphatic heterocycles. The molecule has 4 heterocycles. The number of benzene rings is 1. The van der Waals surface area contributed by atoms with E-state index in [-0.39, 0.29) is 11.9 Å². The van der Waals surface area contributed by atoms with Gasteiger partial charge in [-0.2, -0.15) is 4.99 Å². The first-order valence-electron chi connectivity index (χ1n) is 11.8. The Hall–Kier alpha value is -3.98. The number of pyridine rings is 1. The third-order valence-electron chi connectivity index (χ3n) is 6.60. The number of aryl methyl sites for hydroxylation is 1. The summed E-state index contributed by atoms with van der Waals surface area (Å²) in [5.41, 5.74) is 3.67. The fourth-order valence-corrected chi connectivity index (χ4v) is 4.62. The maximum absolute atomic E-state index is 12.6. The van der Waals surface area contributed by atoms with E-state index < -0.39 is 0 Å². The van der Waals surface area contributed by atoms with Crippen LogP contribution < -0.4 is 15.5 Å². The van der Waals surface area contributed by atoms with Crippen LogP contribution in [0.2, 0.25) is 0 Å². The number of carbonyl (C=O) groups excluding carboxylic acids is 1. The molecule has 1 fully saturated rings. The van der Waals surface area contributed by atoms with Gasteiger partial charge in [0.25, 0.3) is 5.91 Å². The molecule has 0 bridgehead atoms. The van der Waals surface area contributed by atoms with Crippen LogP contribution in [-0.4, -0.2) is 72.8 Å². The number of fused-ring (bicyclic) bond motifs is 1. The van der Waals surface area contributed by atoms with Crippen molar-refractivity contribution in [2.75, 3.05) is 50.0 Å². The summed E-state index contributed by atoms with van der Waals surface area (Å²) in [7, 11) is 2.14. The average Bonchev–Trinajstić information content (AvgIpc) is 3.22. The summed E-state index contributed by atoms with van der Waals surface area (Å²) in [5, 5.41) is 6.17. The van der Waals surface area contributed by atoms with Crippen molar-refractivity contribution in [3.05, 3.63) is 71.5 Å². The first-order chi connectivity index (χ1) is 17.0. The minimum atomic E-state index is -0.107. The number of anilines is 2. The number of piperazine rings is 1. The summed E-state index contributed by atoms with van der Waals surface area (Å²) in [6.45, 7) is 10.2. The van der Waals surface area contributed by atoms with Gasteiger partial charge in [-0.25, -0.2) is 9.98 Å². The second-order valence-corrected chi connectivity index (χ2v) is 8.95. The summed E-state index contributed by atoms with van der Waals surface area (Å²) < 4.78 is 1.99. The zero-order valence-electron chi connectivity index (χ0n) is 20.1. The fraction of sp³-hybridized carbons (Fsp3) is 0.308. The summed E-state index contributed by atoms with van der Waals surface area (Å²) in [5.74, 6) is 1.53. The molecule has 0 unspecified atom stereocenters. The lowest BCUT2D eigenvalue weighted by molar-refractivity contribution is 0.0921. The molecule has 0 radical (unpaired) electrons. The van der Waals surface area contributed by atoms with Crippen LogP contribution in [0.3, 0.4) is 0 Å². The monoisotopic (exact) mass is 470 g/mol. The van der Waals surface area contributed by atoms with Crippen LogP contribution in [0.4, 0.5) is 17.3 Å². The highest BCUT2D eigenvalue weighted by Crippen LogP contribution is 2.34. The van der Waals surface area contributed by atoms with E-state index in [1.807, 2.05) is 48.0 Å². The molecule has 0 saturated carbocycles. The number of aromatic nitrogens is 2. The van der Waals surface area contributed by atoms with E-state index in [9.17, 15) is 4.79 Å². The molecular formula is C26H30N8O. The topological polar surface area (TPSA) is 90.1 Å². The van der Waals surface area contributed by atoms with Crippen molar-refractivity contribution in [2.45, 2.75) is 13.0 Å². The Morgan fingerprint density at radius 2 is 1.91 bits per heavy atom. The summed E-state index contributed by atoms with van der Waals surface area (Å²) >= 11 is 0. The molecule has 1 saturated heterocycles. The third-order valence-corrected chi connectivity index (χ3v) is 6.60. The lowest BCUT2D eigenvalue weighted by atomic mass is 10.0. The number of nitrogens with one attached hydrogen (secondary N) is 2. The smallest absolute Gasteiger partial charge is 0.268 e. The molecular weight excluding hydrogens is 440 g/mol. The normalized spacial score (nSPS) is 18.7. The molecule has 35 heavy (non-hydrogen) atoms. The largest absolute Gasteiger partial charge is 0.368 e. The van der Waals surface area contributed by atoms with E-state index in [4.69, 9.17) is 4.99 Å². The van der Waals surface area contributed by atoms with Crippen LogP contribution in [0.15, 0.2) is 64.7 Å². The molecule has 3 aromatic rings. The van der Waals surface area contributed by atoms with Crippen LogP contribution in [0, 0.1) is 6.92 Å². The molecule has 5 rings (SSSR count). The lowest BCUT2D eigenvalue weighted by Crippen LogP contribution is -2.44. The minimum Gasteiger partial charge on any atom is -0.368 e. The average molecular weight is 471 g/mol. The number of likely N-dealkylation sites (N-methyl/N-ethyl adjacent to an activating group) is 1. The molecule has 1 aromatic carbocycles. The highest BCUT2D eigenvalue weighted by atomic mass is 16.2. The Kier molecular flexibility index (Phi) is 6.33. The second-order valence-electron chi connectivity index (χ2n) is 8.95. The van der Waals surface area contributed by atoms with E-state index in [1.54, 1.807) is 0 Å². The Morgan fingerprint density at radius 1 is 1.14 bits per heavy atom. The molecule has 9 heteroatoms. The molecule has 2 aliphatic rings. The zero-order chi connectivity index (χ0) is 24.4. The van der Waals surface area contributed by atoms with E-state index in [0.717, 1.165) is 43.0 Å². The predicted octanol–water partition coefficient (Wildman–Crippen LogP) is 3.08. The van der Waals surface area contributed by atoms with Crippen molar-refractivity contribution in [1.29, 1.82) is 0 Å². The third kappa shape index (κ3) is 4.67. The molecule has 9 nitrogen and oxygen atoms in total. The molecule has 2 aromatic heterocycles. The van der Waals surface area contributed by atoms with E-state index >= 15 is 0 Å². The van der Waals surface area contributed by atoms with Gasteiger partial charge in [0, 0.05) is 32.7 Å². The number of hydrogen-bond acceptors (Lipinski definition) is 5. The number of carbonyl (C=O) groups is 1. The van der Waals surface area contributed by atoms with Gasteiger partial charge in [0.05, 0.1) is 17.9 Å². The maximum Gasteiger partial charge on any atom is 0.268 e. The van der Waals surface area contributed by atoms with Gasteiger partial charge in [-0.05, 0) is 50.0 Å². The van der Waals surface area contributed by atoms with Crippen molar-refractivity contribution < 1.29 is 4.79 Å². The SMILES string of the molecule is C=NC(=Nc1c(C)cc2n1[C@@H](c1ccccc1)CNC2=O)Nc1ccc(N2CCN(C)CC2)cn1. The van der Waals surface area contributed by atoms with Gasteiger partial charge in [0.1, 0.15) is 17.3 Å². The highest BCUT2D eigenvalue weighted by Gasteiger charge is 2.30. The van der Waals surface area contributed by atoms with Gasteiger partial charge in [0.2, 0.25) is 5.96 Å². The van der Waals surface area contributed by atoms with E-state index in [1.165, 1.54) is 0 Å². The zero-order valence-corrected chi connectivity index (χ0v) is 20.1. The molecule has 0 spiro atoms. The van der Waals surface area contributed by atoms with Crippen molar-refractivity contribution >= 4 is 35.9 Å². The summed E-state index contributed by atoms with van der Waals surface area (Å²) in [6.07, 6.45) is 1.87. The first-order valence-corrected chi connectivity index (χ1v) is 11.8. The van der Waals surface area contributed by atoms with Crippen LogP contribution in [0.5, 0.6) is 0 Å². The molecule has 2 N–H and O–H groups in total. The van der Waals surface area contributed by atoms with E-state index in [0.29, 0.717) is 29.8 Å². The quantitative estimate of drug-likeness (QED) is 0.452. The minimum absolute atomic E-state index is 0.0663. The van der Waals surface area contributed by atoms with Gasteiger partial charge >= 0.3 is 0 Å². The van der Waals surface area contributed by atoms with Crippen LogP contribution in [-0.2, 0) is 0 Å². The van der Waals surface area contributed by atoms with Gasteiger partial charge in [-0.1, -0.05) is 30.3 Å². The van der Waals surface area contributed by atoms with Gasteiger partial charge in [0.15, 0.2) is 0 Å². The number of guanidine groups is 1. The van der Waals surface area contributed by atoms with Crippen molar-refractivity contribution in [1.82, 2.24) is 19.8 Å². The van der Waals surface area contributed by atoms with Crippen molar-refractivity contribution in [3.8, 4) is 0 Å². The standard InChI is InChI=1S/C26H30N8O/c1-18-15-21-25(35)29-17-22(19-7-5-4-6-8-19)34(21)24(18)31-26(27-2)30-23-10-9-20(16-28-23)33-13-11-32(3)12-14-33/h4-10,15-16,22H,2,11-14,17H2,1,3H3,(H,29,35)(H,28,30,31)/t22-/m1/s1. The van der Waals surface area contributed by atoms with Crippen LogP contribution in [0.25, 0.3) is 0 Å². The first kappa shape index (κ1) is 22.8. The van der Waals surface area contributed by atoms with Crippen LogP contribution >= 0.6 is 0 Å². The lowest BCUT2D eigenvalue weighted by Gasteiger charge is -2.33. The van der Waals surface area contributed by atoms with Gasteiger partial charge in [-0.15, -0.1) is 0 Å². The second kappa shape index (κ2) is 9.71. The Bertz CT molecular complexity index is 1240. The number of aliphatic imine (C=N–C) groups is 2. The Morgan fingerprint density at radius 3 is 2.60 bits per heavy atom. The van der Waals surface area contributed by atoms with Gasteiger partial charge < -0.3 is 25.0 Å². The number of nitrogens with zero attached hydrogens (tertiary/aromatic N) is 6. The van der Waals surface area contributed by atoms with Crippen molar-refractivity contribution in [2.24, 2.45) is 9.98 Å². The predicted molar refractivity (Wildman–Crippen MR) is 140 cm³/mol. The van der Waals surface area contributed by atoms with Crippen LogP contribution in [0.1, 0.15) is 27.7 Å². The molecule has 1 atom stereocenters. The number of rotatable bonds is 4. The Balaban J connectivity index is 1.42. The molecule has 180 valence electrons. The summed E-state index contributed by atoms with van der Waals surface area (Å²) in [6, 6.07) is 15.9. The fourth-order valence-electron chi connectivity index (χ4n) is 4.62. The molecule has 0 aliphatic carbocycles. The summed E-state index contributed by atoms with van der Waals surface area (Å²) in [4.78, 5) is 30.7. The highest BCUT2D eigenvalue weighted by molar-refractivity contribution is 5.99. The van der Waals surface area contributed by atoms with Crippen molar-refractivity contribution in [3.63, 3.8) is 0 Å². The Labute approximate surface area is 205 Å². The van der Waals surface area contributed by atoms with E-state index in [2.05, 4.69) is 62.4 Å². The van der Waals surface area contributed by atoms with Gasteiger partial charge in [-0.3, -0.25) is 4.79 Å². The number of amides is 1.